The van der Waals surface area contributed by atoms with Crippen molar-refractivity contribution in [3.8, 4) is 0 Å². The van der Waals surface area contributed by atoms with Crippen molar-refractivity contribution in [3.05, 3.63) is 28.5 Å². The lowest BCUT2D eigenvalue weighted by Crippen LogP contribution is -2.53. The van der Waals surface area contributed by atoms with Gasteiger partial charge in [-0.05, 0) is 35.0 Å². The van der Waals surface area contributed by atoms with Crippen LogP contribution >= 0.6 is 15.9 Å². The summed E-state index contributed by atoms with van der Waals surface area (Å²) in [5.41, 5.74) is 0.555. The Hall–Kier alpha value is -1.63. The molecule has 20 heavy (non-hydrogen) atoms. The second-order valence-corrected chi connectivity index (χ2v) is 5.21. The lowest BCUT2D eigenvalue weighted by atomic mass is 10.2. The number of carbonyl (C=O) groups is 2. The number of carbonyl (C=O) groups excluding carboxylic acids is 2. The minimum atomic E-state index is -0.0674. The number of amides is 3. The van der Waals surface area contributed by atoms with Gasteiger partial charge in [-0.1, -0.05) is 0 Å². The quantitative estimate of drug-likeness (QED) is 0.826. The molecule has 1 saturated heterocycles. The van der Waals surface area contributed by atoms with E-state index in [1.807, 2.05) is 6.92 Å². The Labute approximate surface area is 126 Å². The first kappa shape index (κ1) is 14.8. The van der Waals surface area contributed by atoms with Gasteiger partial charge in [-0.3, -0.25) is 4.79 Å². The van der Waals surface area contributed by atoms with Crippen LogP contribution in [0.2, 0.25) is 0 Å². The van der Waals surface area contributed by atoms with E-state index in [1.54, 1.807) is 28.1 Å². The van der Waals surface area contributed by atoms with Crippen LogP contribution in [0.3, 0.4) is 0 Å². The molecular weight excluding hydrogens is 324 g/mol. The fourth-order valence-electron chi connectivity index (χ4n) is 2.09. The van der Waals surface area contributed by atoms with Crippen LogP contribution in [0.5, 0.6) is 0 Å². The lowest BCUT2D eigenvalue weighted by molar-refractivity contribution is 0.0664. The van der Waals surface area contributed by atoms with Crippen LogP contribution < -0.4 is 5.32 Å². The maximum atomic E-state index is 12.4. The summed E-state index contributed by atoms with van der Waals surface area (Å²) in [5, 5.41) is 2.77. The number of hydrogen-bond acceptors (Lipinski definition) is 3. The van der Waals surface area contributed by atoms with Crippen molar-refractivity contribution >= 4 is 27.9 Å². The smallest absolute Gasteiger partial charge is 0.317 e. The SMILES string of the molecule is CCNC(=O)N1CCN(C(=O)c2cccnc2Br)CC1. The summed E-state index contributed by atoms with van der Waals surface area (Å²) in [7, 11) is 0. The summed E-state index contributed by atoms with van der Waals surface area (Å²) in [4.78, 5) is 31.6. The average molecular weight is 341 g/mol. The molecule has 2 heterocycles. The largest absolute Gasteiger partial charge is 0.338 e. The minimum Gasteiger partial charge on any atom is -0.338 e. The zero-order valence-electron chi connectivity index (χ0n) is 11.3. The number of urea groups is 1. The third kappa shape index (κ3) is 3.27. The van der Waals surface area contributed by atoms with Gasteiger partial charge in [0.2, 0.25) is 0 Å². The van der Waals surface area contributed by atoms with Crippen LogP contribution in [0.15, 0.2) is 22.9 Å². The van der Waals surface area contributed by atoms with Gasteiger partial charge in [-0.25, -0.2) is 9.78 Å². The Bertz CT molecular complexity index is 501. The van der Waals surface area contributed by atoms with E-state index in [2.05, 4.69) is 26.2 Å². The van der Waals surface area contributed by atoms with E-state index in [0.29, 0.717) is 42.9 Å². The molecule has 2 rings (SSSR count). The van der Waals surface area contributed by atoms with Crippen LogP contribution in [0, 0.1) is 0 Å². The van der Waals surface area contributed by atoms with Gasteiger partial charge in [0.25, 0.3) is 5.91 Å². The number of nitrogens with zero attached hydrogens (tertiary/aromatic N) is 3. The maximum absolute atomic E-state index is 12.4. The van der Waals surface area contributed by atoms with E-state index in [4.69, 9.17) is 0 Å². The third-order valence-electron chi connectivity index (χ3n) is 3.17. The highest BCUT2D eigenvalue weighted by atomic mass is 79.9. The van der Waals surface area contributed by atoms with Crippen molar-refractivity contribution in [1.82, 2.24) is 20.1 Å². The predicted octanol–water partition coefficient (Wildman–Crippen LogP) is 1.33. The number of hydrogen-bond donors (Lipinski definition) is 1. The molecular formula is C13H17BrN4O2. The molecule has 7 heteroatoms. The molecule has 1 aliphatic heterocycles. The van der Waals surface area contributed by atoms with Crippen molar-refractivity contribution in [2.45, 2.75) is 6.92 Å². The number of nitrogens with one attached hydrogen (secondary N) is 1. The Balaban J connectivity index is 1.96. The van der Waals surface area contributed by atoms with Crippen LogP contribution in [0.25, 0.3) is 0 Å². The zero-order valence-corrected chi connectivity index (χ0v) is 12.9. The summed E-state index contributed by atoms with van der Waals surface area (Å²) in [5.74, 6) is -0.0551. The van der Waals surface area contributed by atoms with E-state index in [-0.39, 0.29) is 11.9 Å². The van der Waals surface area contributed by atoms with Crippen molar-refractivity contribution in [3.63, 3.8) is 0 Å². The second kappa shape index (κ2) is 6.69. The average Bonchev–Trinajstić information content (AvgIpc) is 2.47. The summed E-state index contributed by atoms with van der Waals surface area (Å²) < 4.78 is 0.552. The predicted molar refractivity (Wildman–Crippen MR) is 78.5 cm³/mol. The molecule has 108 valence electrons. The Morgan fingerprint density at radius 2 is 1.95 bits per heavy atom. The van der Waals surface area contributed by atoms with Crippen LogP contribution in [0.1, 0.15) is 17.3 Å². The molecule has 0 unspecified atom stereocenters. The van der Waals surface area contributed by atoms with Crippen LogP contribution in [0.4, 0.5) is 4.79 Å². The summed E-state index contributed by atoms with van der Waals surface area (Å²) in [6, 6.07) is 3.42. The summed E-state index contributed by atoms with van der Waals surface area (Å²) in [6.07, 6.45) is 1.63. The first-order valence-electron chi connectivity index (χ1n) is 6.56. The van der Waals surface area contributed by atoms with Crippen molar-refractivity contribution < 1.29 is 9.59 Å². The van der Waals surface area contributed by atoms with Gasteiger partial charge < -0.3 is 15.1 Å². The fraction of sp³-hybridized carbons (Fsp3) is 0.462. The standard InChI is InChI=1S/C13H17BrN4O2/c1-2-15-13(20)18-8-6-17(7-9-18)12(19)10-4-3-5-16-11(10)14/h3-5H,2,6-9H2,1H3,(H,15,20). The Kier molecular flexibility index (Phi) is 4.94. The van der Waals surface area contributed by atoms with E-state index in [9.17, 15) is 9.59 Å². The van der Waals surface area contributed by atoms with E-state index < -0.39 is 0 Å². The molecule has 1 aromatic rings. The maximum Gasteiger partial charge on any atom is 0.317 e. The molecule has 3 amide bonds. The normalized spacial score (nSPS) is 15.1. The molecule has 0 saturated carbocycles. The summed E-state index contributed by atoms with van der Waals surface area (Å²) in [6.45, 7) is 4.68. The number of halogens is 1. The molecule has 0 aliphatic carbocycles. The molecule has 6 nitrogen and oxygen atoms in total. The van der Waals surface area contributed by atoms with Gasteiger partial charge in [0.1, 0.15) is 4.60 Å². The van der Waals surface area contributed by atoms with Gasteiger partial charge in [0.15, 0.2) is 0 Å². The topological polar surface area (TPSA) is 65.5 Å². The highest BCUT2D eigenvalue weighted by Gasteiger charge is 2.25. The molecule has 1 N–H and O–H groups in total. The molecule has 1 aromatic heterocycles. The molecule has 0 spiro atoms. The first-order valence-corrected chi connectivity index (χ1v) is 7.35. The van der Waals surface area contributed by atoms with Gasteiger partial charge >= 0.3 is 6.03 Å². The molecule has 0 bridgehead atoms. The molecule has 1 fully saturated rings. The van der Waals surface area contributed by atoms with Crippen LogP contribution in [-0.2, 0) is 0 Å². The van der Waals surface area contributed by atoms with Crippen molar-refractivity contribution in [2.75, 3.05) is 32.7 Å². The molecule has 0 radical (unpaired) electrons. The lowest BCUT2D eigenvalue weighted by Gasteiger charge is -2.34. The first-order chi connectivity index (χ1) is 9.63. The number of piperazine rings is 1. The third-order valence-corrected chi connectivity index (χ3v) is 3.80. The number of aromatic nitrogens is 1. The molecule has 0 aromatic carbocycles. The molecule has 0 atom stereocenters. The van der Waals surface area contributed by atoms with Gasteiger partial charge in [-0.15, -0.1) is 0 Å². The molecule has 1 aliphatic rings. The highest BCUT2D eigenvalue weighted by molar-refractivity contribution is 9.10. The minimum absolute atomic E-state index is 0.0551. The monoisotopic (exact) mass is 340 g/mol. The fourth-order valence-corrected chi connectivity index (χ4v) is 2.51. The van der Waals surface area contributed by atoms with Gasteiger partial charge in [0, 0.05) is 38.9 Å². The van der Waals surface area contributed by atoms with Gasteiger partial charge in [0.05, 0.1) is 5.56 Å². The Morgan fingerprint density at radius 1 is 1.30 bits per heavy atom. The highest BCUT2D eigenvalue weighted by Crippen LogP contribution is 2.16. The summed E-state index contributed by atoms with van der Waals surface area (Å²) >= 11 is 3.29. The van der Waals surface area contributed by atoms with Crippen LogP contribution in [-0.4, -0.2) is 59.4 Å². The van der Waals surface area contributed by atoms with E-state index in [1.165, 1.54) is 0 Å². The Morgan fingerprint density at radius 3 is 2.55 bits per heavy atom. The second-order valence-electron chi connectivity index (χ2n) is 4.46. The van der Waals surface area contributed by atoms with E-state index >= 15 is 0 Å². The van der Waals surface area contributed by atoms with Gasteiger partial charge in [-0.2, -0.15) is 0 Å². The van der Waals surface area contributed by atoms with Crippen molar-refractivity contribution in [1.29, 1.82) is 0 Å². The van der Waals surface area contributed by atoms with Crippen molar-refractivity contribution in [2.24, 2.45) is 0 Å². The zero-order chi connectivity index (χ0) is 14.5. The number of rotatable bonds is 2. The van der Waals surface area contributed by atoms with E-state index in [0.717, 1.165) is 0 Å². The number of pyridine rings is 1.